The largest absolute Gasteiger partial charge is 0.359 e. The third-order valence-corrected chi connectivity index (χ3v) is 3.98. The van der Waals surface area contributed by atoms with Crippen LogP contribution in [0.15, 0.2) is 11.7 Å². The van der Waals surface area contributed by atoms with E-state index in [2.05, 4.69) is 42.8 Å². The molecule has 0 bridgehead atoms. The van der Waals surface area contributed by atoms with E-state index in [9.17, 15) is 0 Å². The molecule has 0 aliphatic heterocycles. The van der Waals surface area contributed by atoms with Crippen LogP contribution in [-0.4, -0.2) is 25.1 Å². The molecular weight excluding hydrogens is 260 g/mol. The fourth-order valence-electron chi connectivity index (χ4n) is 1.90. The van der Waals surface area contributed by atoms with Gasteiger partial charge >= 0.3 is 0 Å². The van der Waals surface area contributed by atoms with Crippen LogP contribution in [0.25, 0.3) is 10.2 Å². The Morgan fingerprint density at radius 1 is 1.32 bits per heavy atom. The first-order chi connectivity index (χ1) is 9.15. The van der Waals surface area contributed by atoms with Crippen LogP contribution < -0.4 is 5.32 Å². The monoisotopic (exact) mass is 274 g/mol. The lowest BCUT2D eigenvalue weighted by Gasteiger charge is -2.11. The van der Waals surface area contributed by atoms with Crippen molar-refractivity contribution in [3.63, 3.8) is 0 Å². The van der Waals surface area contributed by atoms with Crippen molar-refractivity contribution in [2.45, 2.75) is 26.8 Å². The molecule has 3 rings (SSSR count). The number of hydrogen-bond donors (Lipinski definition) is 2. The Morgan fingerprint density at radius 2 is 2.16 bits per heavy atom. The number of aryl methyl sites for hydroxylation is 2. The van der Waals surface area contributed by atoms with Crippen molar-refractivity contribution < 1.29 is 0 Å². The molecule has 19 heavy (non-hydrogen) atoms. The van der Waals surface area contributed by atoms with Gasteiger partial charge in [0, 0.05) is 0 Å². The minimum absolute atomic E-state index is 0.00884. The molecule has 98 valence electrons. The van der Waals surface area contributed by atoms with Gasteiger partial charge in [0.2, 0.25) is 0 Å². The number of aromatic nitrogens is 5. The molecule has 6 nitrogen and oxygen atoms in total. The van der Waals surface area contributed by atoms with Gasteiger partial charge in [-0.3, -0.25) is 5.10 Å². The second-order valence-corrected chi connectivity index (χ2v) is 5.34. The summed E-state index contributed by atoms with van der Waals surface area (Å²) in [4.78, 5) is 12.9. The predicted octanol–water partition coefficient (Wildman–Crippen LogP) is 2.60. The first-order valence-electron chi connectivity index (χ1n) is 5.99. The zero-order valence-corrected chi connectivity index (χ0v) is 11.7. The van der Waals surface area contributed by atoms with Crippen molar-refractivity contribution in [1.29, 1.82) is 0 Å². The highest BCUT2D eigenvalue weighted by Crippen LogP contribution is 2.30. The van der Waals surface area contributed by atoms with Crippen LogP contribution in [0.1, 0.15) is 30.2 Å². The number of anilines is 1. The van der Waals surface area contributed by atoms with Gasteiger partial charge in [0.05, 0.1) is 16.3 Å². The fourth-order valence-corrected chi connectivity index (χ4v) is 2.85. The van der Waals surface area contributed by atoms with E-state index >= 15 is 0 Å². The zero-order chi connectivity index (χ0) is 13.4. The van der Waals surface area contributed by atoms with Crippen LogP contribution in [0, 0.1) is 13.8 Å². The lowest BCUT2D eigenvalue weighted by Crippen LogP contribution is -2.10. The first kappa shape index (κ1) is 12.0. The molecule has 3 aromatic heterocycles. The molecule has 0 aliphatic rings. The molecule has 0 amide bonds. The van der Waals surface area contributed by atoms with E-state index in [-0.39, 0.29) is 6.04 Å². The number of thiophene rings is 1. The van der Waals surface area contributed by atoms with Gasteiger partial charge in [-0.15, -0.1) is 11.3 Å². The van der Waals surface area contributed by atoms with Gasteiger partial charge < -0.3 is 5.32 Å². The summed E-state index contributed by atoms with van der Waals surface area (Å²) in [5.74, 6) is 2.37. The SMILES string of the molecule is Cc1nc(C(C)Nc2ncnc3c(C)csc23)n[nH]1. The summed E-state index contributed by atoms with van der Waals surface area (Å²) in [6.45, 7) is 5.95. The molecule has 0 aromatic carbocycles. The molecule has 0 fully saturated rings. The van der Waals surface area contributed by atoms with Crippen molar-refractivity contribution in [3.05, 3.63) is 28.9 Å². The molecule has 0 saturated carbocycles. The normalized spacial score (nSPS) is 12.8. The summed E-state index contributed by atoms with van der Waals surface area (Å²) < 4.78 is 1.07. The number of hydrogen-bond acceptors (Lipinski definition) is 6. The molecule has 2 N–H and O–H groups in total. The molecule has 0 saturated heterocycles. The van der Waals surface area contributed by atoms with Gasteiger partial charge in [0.15, 0.2) is 5.82 Å². The minimum atomic E-state index is -0.00884. The summed E-state index contributed by atoms with van der Waals surface area (Å²) >= 11 is 1.65. The highest BCUT2D eigenvalue weighted by Gasteiger charge is 2.14. The van der Waals surface area contributed by atoms with Gasteiger partial charge in [0.25, 0.3) is 0 Å². The molecule has 0 radical (unpaired) electrons. The summed E-state index contributed by atoms with van der Waals surface area (Å²) in [5, 5.41) is 12.4. The molecule has 3 aromatic rings. The van der Waals surface area contributed by atoms with E-state index in [1.807, 2.05) is 13.8 Å². The lowest BCUT2D eigenvalue weighted by molar-refractivity contribution is 0.791. The Bertz CT molecular complexity index is 716. The van der Waals surface area contributed by atoms with Crippen LogP contribution in [0.5, 0.6) is 0 Å². The highest BCUT2D eigenvalue weighted by atomic mass is 32.1. The molecule has 1 unspecified atom stereocenters. The maximum atomic E-state index is 4.32. The number of fused-ring (bicyclic) bond motifs is 1. The second-order valence-electron chi connectivity index (χ2n) is 4.46. The molecule has 7 heteroatoms. The third kappa shape index (κ3) is 2.17. The van der Waals surface area contributed by atoms with Crippen molar-refractivity contribution in [2.75, 3.05) is 5.32 Å². The number of nitrogens with one attached hydrogen (secondary N) is 2. The van der Waals surface area contributed by atoms with Crippen LogP contribution in [-0.2, 0) is 0 Å². The minimum Gasteiger partial charge on any atom is -0.359 e. The summed E-state index contributed by atoms with van der Waals surface area (Å²) in [5.41, 5.74) is 2.17. The summed E-state index contributed by atoms with van der Waals surface area (Å²) in [6, 6.07) is -0.00884. The molecule has 0 spiro atoms. The van der Waals surface area contributed by atoms with E-state index in [0.717, 1.165) is 27.7 Å². The van der Waals surface area contributed by atoms with Gasteiger partial charge in [0.1, 0.15) is 18.0 Å². The summed E-state index contributed by atoms with van der Waals surface area (Å²) in [7, 11) is 0. The Hall–Kier alpha value is -2.02. The standard InChI is InChI=1S/C12H14N6S/c1-6-4-19-10-9(6)13-5-14-12(10)15-7(2)11-16-8(3)17-18-11/h4-5,7H,1-3H3,(H,13,14,15)(H,16,17,18). The quantitative estimate of drug-likeness (QED) is 0.767. The molecular formula is C12H14N6S. The van der Waals surface area contributed by atoms with Crippen LogP contribution in [0.4, 0.5) is 5.82 Å². The van der Waals surface area contributed by atoms with Crippen LogP contribution in [0.2, 0.25) is 0 Å². The van der Waals surface area contributed by atoms with Crippen molar-refractivity contribution in [1.82, 2.24) is 25.1 Å². The van der Waals surface area contributed by atoms with E-state index < -0.39 is 0 Å². The maximum Gasteiger partial charge on any atom is 0.172 e. The van der Waals surface area contributed by atoms with E-state index in [0.29, 0.717) is 0 Å². The average molecular weight is 274 g/mol. The smallest absolute Gasteiger partial charge is 0.172 e. The third-order valence-electron chi connectivity index (χ3n) is 2.89. The topological polar surface area (TPSA) is 79.4 Å². The van der Waals surface area contributed by atoms with Crippen LogP contribution in [0.3, 0.4) is 0 Å². The number of H-pyrrole nitrogens is 1. The van der Waals surface area contributed by atoms with Gasteiger partial charge in [-0.05, 0) is 31.7 Å². The fraction of sp³-hybridized carbons (Fsp3) is 0.333. The zero-order valence-electron chi connectivity index (χ0n) is 10.9. The lowest BCUT2D eigenvalue weighted by atomic mass is 10.3. The second kappa shape index (κ2) is 4.58. The van der Waals surface area contributed by atoms with E-state index in [1.54, 1.807) is 17.7 Å². The van der Waals surface area contributed by atoms with Crippen molar-refractivity contribution in [2.24, 2.45) is 0 Å². The van der Waals surface area contributed by atoms with Crippen molar-refractivity contribution >= 4 is 27.4 Å². The molecule has 0 aliphatic carbocycles. The summed E-state index contributed by atoms with van der Waals surface area (Å²) in [6.07, 6.45) is 1.58. The number of aromatic amines is 1. The van der Waals surface area contributed by atoms with Gasteiger partial charge in [-0.25, -0.2) is 15.0 Å². The Balaban J connectivity index is 1.93. The number of rotatable bonds is 3. The Morgan fingerprint density at radius 3 is 2.89 bits per heavy atom. The Kier molecular flexibility index (Phi) is 2.90. The van der Waals surface area contributed by atoms with Crippen molar-refractivity contribution in [3.8, 4) is 0 Å². The first-order valence-corrected chi connectivity index (χ1v) is 6.87. The number of nitrogens with zero attached hydrogens (tertiary/aromatic N) is 4. The molecule has 3 heterocycles. The predicted molar refractivity (Wildman–Crippen MR) is 75.3 cm³/mol. The van der Waals surface area contributed by atoms with Gasteiger partial charge in [-0.2, -0.15) is 5.10 Å². The van der Waals surface area contributed by atoms with E-state index in [1.165, 1.54) is 5.56 Å². The maximum absolute atomic E-state index is 4.32. The Labute approximate surface area is 114 Å². The average Bonchev–Trinajstić information content (AvgIpc) is 2.98. The molecule has 1 atom stereocenters. The van der Waals surface area contributed by atoms with Gasteiger partial charge in [-0.1, -0.05) is 0 Å². The highest BCUT2D eigenvalue weighted by molar-refractivity contribution is 7.18. The van der Waals surface area contributed by atoms with E-state index in [4.69, 9.17) is 0 Å². The van der Waals surface area contributed by atoms with Crippen LogP contribution >= 0.6 is 11.3 Å².